The molecule has 8 nitrogen and oxygen atoms in total. The third kappa shape index (κ3) is 5.61. The number of amides is 1. The van der Waals surface area contributed by atoms with E-state index < -0.39 is 0 Å². The van der Waals surface area contributed by atoms with Crippen LogP contribution < -0.4 is 20.1 Å². The van der Waals surface area contributed by atoms with Gasteiger partial charge in [0.2, 0.25) is 5.91 Å². The average Bonchev–Trinajstić information content (AvgIpc) is 3.21. The number of H-pyrrole nitrogens is 1. The Morgan fingerprint density at radius 2 is 1.93 bits per heavy atom. The van der Waals surface area contributed by atoms with Crippen molar-refractivity contribution in [2.24, 2.45) is 0 Å². The van der Waals surface area contributed by atoms with Gasteiger partial charge < -0.3 is 20.1 Å². The van der Waals surface area contributed by atoms with E-state index in [1.54, 1.807) is 32.4 Å². The van der Waals surface area contributed by atoms with Crippen LogP contribution >= 0.6 is 11.6 Å². The van der Waals surface area contributed by atoms with Crippen molar-refractivity contribution < 1.29 is 14.3 Å². The van der Waals surface area contributed by atoms with Crippen LogP contribution in [-0.2, 0) is 11.3 Å². The maximum Gasteiger partial charge on any atom is 0.222 e. The number of rotatable bonds is 9. The lowest BCUT2D eigenvalue weighted by atomic mass is 10.2. The number of aromatic nitrogens is 3. The number of benzene rings is 2. The second-order valence-corrected chi connectivity index (χ2v) is 6.57. The normalized spacial score (nSPS) is 10.4. The Bertz CT molecular complexity index is 959. The van der Waals surface area contributed by atoms with Gasteiger partial charge in [-0.05, 0) is 42.5 Å². The highest BCUT2D eigenvalue weighted by Gasteiger charge is 2.09. The number of carbonyl (C=O) groups is 1. The van der Waals surface area contributed by atoms with Crippen molar-refractivity contribution in [1.82, 2.24) is 20.5 Å². The number of halogens is 1. The predicted molar refractivity (Wildman–Crippen MR) is 111 cm³/mol. The summed E-state index contributed by atoms with van der Waals surface area (Å²) in [4.78, 5) is 16.5. The largest absolute Gasteiger partial charge is 0.497 e. The SMILES string of the molecule is COc1ccc(-c2n[nH]c(CNC(=O)CCNc3cc(Cl)ccc3OC)n2)cc1. The van der Waals surface area contributed by atoms with E-state index in [1.807, 2.05) is 24.3 Å². The molecule has 3 rings (SSSR count). The van der Waals surface area contributed by atoms with E-state index >= 15 is 0 Å². The fraction of sp³-hybridized carbons (Fsp3) is 0.250. The first-order valence-electron chi connectivity index (χ1n) is 8.99. The molecular weight excluding hydrogens is 394 g/mol. The highest BCUT2D eigenvalue weighted by molar-refractivity contribution is 6.30. The van der Waals surface area contributed by atoms with Crippen LogP contribution in [0.3, 0.4) is 0 Å². The molecule has 0 bridgehead atoms. The highest BCUT2D eigenvalue weighted by Crippen LogP contribution is 2.27. The molecule has 0 spiro atoms. The van der Waals surface area contributed by atoms with Crippen LogP contribution in [0.5, 0.6) is 11.5 Å². The third-order valence-corrected chi connectivity index (χ3v) is 4.40. The van der Waals surface area contributed by atoms with Crippen LogP contribution in [0.1, 0.15) is 12.2 Å². The Morgan fingerprint density at radius 1 is 1.14 bits per heavy atom. The molecule has 0 radical (unpaired) electrons. The van der Waals surface area contributed by atoms with Gasteiger partial charge in [0, 0.05) is 23.6 Å². The number of nitrogens with one attached hydrogen (secondary N) is 3. The van der Waals surface area contributed by atoms with Crippen molar-refractivity contribution in [3.63, 3.8) is 0 Å². The molecule has 3 N–H and O–H groups in total. The molecule has 2 aromatic carbocycles. The van der Waals surface area contributed by atoms with Gasteiger partial charge in [0.15, 0.2) is 5.82 Å². The molecule has 1 amide bonds. The minimum absolute atomic E-state index is 0.110. The van der Waals surface area contributed by atoms with Gasteiger partial charge in [0.25, 0.3) is 0 Å². The summed E-state index contributed by atoms with van der Waals surface area (Å²) in [6.45, 7) is 0.707. The summed E-state index contributed by atoms with van der Waals surface area (Å²) in [6.07, 6.45) is 0.287. The van der Waals surface area contributed by atoms with Gasteiger partial charge in [-0.1, -0.05) is 11.6 Å². The average molecular weight is 416 g/mol. The predicted octanol–water partition coefficient (Wildman–Crippen LogP) is 3.26. The van der Waals surface area contributed by atoms with Crippen molar-refractivity contribution >= 4 is 23.2 Å². The van der Waals surface area contributed by atoms with E-state index in [4.69, 9.17) is 21.1 Å². The van der Waals surface area contributed by atoms with Gasteiger partial charge in [0.05, 0.1) is 26.5 Å². The van der Waals surface area contributed by atoms with E-state index in [-0.39, 0.29) is 18.9 Å². The van der Waals surface area contributed by atoms with Crippen LogP contribution in [0.25, 0.3) is 11.4 Å². The van der Waals surface area contributed by atoms with Gasteiger partial charge in [-0.15, -0.1) is 0 Å². The Kier molecular flexibility index (Phi) is 6.91. The molecule has 0 aliphatic carbocycles. The van der Waals surface area contributed by atoms with Crippen LogP contribution in [0.4, 0.5) is 5.69 Å². The summed E-state index contributed by atoms with van der Waals surface area (Å²) >= 11 is 6.00. The van der Waals surface area contributed by atoms with E-state index in [0.29, 0.717) is 29.0 Å². The van der Waals surface area contributed by atoms with Crippen molar-refractivity contribution in [1.29, 1.82) is 0 Å². The fourth-order valence-electron chi connectivity index (χ4n) is 2.64. The van der Waals surface area contributed by atoms with Crippen molar-refractivity contribution in [3.8, 4) is 22.9 Å². The fourth-order valence-corrected chi connectivity index (χ4v) is 2.82. The Labute approximate surface area is 173 Å². The molecule has 1 heterocycles. The summed E-state index contributed by atoms with van der Waals surface area (Å²) in [7, 11) is 3.20. The van der Waals surface area contributed by atoms with Crippen molar-refractivity contribution in [2.45, 2.75) is 13.0 Å². The van der Waals surface area contributed by atoms with E-state index in [0.717, 1.165) is 17.0 Å². The van der Waals surface area contributed by atoms with Gasteiger partial charge in [0.1, 0.15) is 17.3 Å². The smallest absolute Gasteiger partial charge is 0.222 e. The lowest BCUT2D eigenvalue weighted by molar-refractivity contribution is -0.121. The zero-order valence-corrected chi connectivity index (χ0v) is 16.9. The van der Waals surface area contributed by atoms with E-state index in [9.17, 15) is 4.79 Å². The van der Waals surface area contributed by atoms with E-state index in [2.05, 4.69) is 25.8 Å². The minimum atomic E-state index is -0.110. The van der Waals surface area contributed by atoms with Gasteiger partial charge >= 0.3 is 0 Å². The summed E-state index contributed by atoms with van der Waals surface area (Å²) in [5.74, 6) is 2.46. The lowest BCUT2D eigenvalue weighted by Crippen LogP contribution is -2.25. The number of hydrogen-bond donors (Lipinski definition) is 3. The number of methoxy groups -OCH3 is 2. The molecule has 0 atom stereocenters. The standard InChI is InChI=1S/C20H22ClN5O3/c1-28-15-6-3-13(4-7-15)20-24-18(25-26-20)12-23-19(27)9-10-22-16-11-14(21)5-8-17(16)29-2/h3-8,11,22H,9-10,12H2,1-2H3,(H,23,27)(H,24,25,26). The summed E-state index contributed by atoms with van der Waals surface area (Å²) in [5, 5.41) is 13.6. The van der Waals surface area contributed by atoms with Gasteiger partial charge in [-0.2, -0.15) is 5.10 Å². The topological polar surface area (TPSA) is 101 Å². The number of hydrogen-bond acceptors (Lipinski definition) is 6. The first-order valence-corrected chi connectivity index (χ1v) is 9.36. The number of ether oxygens (including phenoxy) is 2. The molecule has 0 aliphatic heterocycles. The molecule has 0 saturated carbocycles. The minimum Gasteiger partial charge on any atom is -0.497 e. The second-order valence-electron chi connectivity index (χ2n) is 6.13. The van der Waals surface area contributed by atoms with Crippen molar-refractivity contribution in [2.75, 3.05) is 26.1 Å². The quantitative estimate of drug-likeness (QED) is 0.496. The maximum absolute atomic E-state index is 12.1. The van der Waals surface area contributed by atoms with Crippen LogP contribution in [0.15, 0.2) is 42.5 Å². The number of aromatic amines is 1. The number of anilines is 1. The third-order valence-electron chi connectivity index (χ3n) is 4.16. The van der Waals surface area contributed by atoms with E-state index in [1.165, 1.54) is 0 Å². The van der Waals surface area contributed by atoms with Crippen LogP contribution in [0.2, 0.25) is 5.02 Å². The van der Waals surface area contributed by atoms with Gasteiger partial charge in [-0.3, -0.25) is 9.89 Å². The summed E-state index contributed by atoms with van der Waals surface area (Å²) in [5.41, 5.74) is 1.60. The monoisotopic (exact) mass is 415 g/mol. The molecule has 1 aromatic heterocycles. The Balaban J connectivity index is 1.46. The lowest BCUT2D eigenvalue weighted by Gasteiger charge is -2.11. The molecule has 29 heavy (non-hydrogen) atoms. The second kappa shape index (κ2) is 9.79. The van der Waals surface area contributed by atoms with Crippen LogP contribution in [0, 0.1) is 0 Å². The van der Waals surface area contributed by atoms with Gasteiger partial charge in [-0.25, -0.2) is 4.98 Å². The van der Waals surface area contributed by atoms with Crippen molar-refractivity contribution in [3.05, 3.63) is 53.3 Å². The molecule has 0 saturated heterocycles. The Hall–Kier alpha value is -3.26. The van der Waals surface area contributed by atoms with Crippen LogP contribution in [-0.4, -0.2) is 41.9 Å². The number of carbonyl (C=O) groups excluding carboxylic acids is 1. The zero-order valence-electron chi connectivity index (χ0n) is 16.2. The molecule has 3 aromatic rings. The zero-order chi connectivity index (χ0) is 20.6. The molecule has 0 aliphatic rings. The molecule has 9 heteroatoms. The molecule has 0 fully saturated rings. The maximum atomic E-state index is 12.1. The molecule has 152 valence electrons. The molecule has 0 unspecified atom stereocenters. The number of nitrogens with zero attached hydrogens (tertiary/aromatic N) is 2. The first kappa shape index (κ1) is 20.5. The summed E-state index contributed by atoms with van der Waals surface area (Å²) < 4.78 is 10.4. The highest BCUT2D eigenvalue weighted by atomic mass is 35.5. The molecular formula is C20H22ClN5O3. The summed E-state index contributed by atoms with van der Waals surface area (Å²) in [6, 6.07) is 12.7. The Morgan fingerprint density at radius 3 is 2.66 bits per heavy atom. The first-order chi connectivity index (χ1) is 14.1.